The first-order valence-electron chi connectivity index (χ1n) is 7.90. The molecule has 1 aromatic heterocycles. The highest BCUT2D eigenvalue weighted by atomic mass is 16.1. The Balaban J connectivity index is 2.51. The standard InChI is InChI=1S/C16H26N6O/c1-4-9-20-15-13(11-21-16(18-3)22-15)8-6-5-7-10-19-14(23)12-17-2/h11,17H,4-5,7,9-10,12H2,1-3H3,(H,19,23)(H2,18,20,21,22). The van der Waals surface area contributed by atoms with Gasteiger partial charge in [-0.25, -0.2) is 4.98 Å². The highest BCUT2D eigenvalue weighted by Gasteiger charge is 2.03. The normalized spacial score (nSPS) is 9.70. The maximum Gasteiger partial charge on any atom is 0.233 e. The van der Waals surface area contributed by atoms with Gasteiger partial charge in [-0.2, -0.15) is 4.98 Å². The van der Waals surface area contributed by atoms with Crippen LogP contribution in [0.1, 0.15) is 31.7 Å². The summed E-state index contributed by atoms with van der Waals surface area (Å²) >= 11 is 0. The molecule has 23 heavy (non-hydrogen) atoms. The Kier molecular flexibility index (Phi) is 9.17. The van der Waals surface area contributed by atoms with Gasteiger partial charge in [-0.05, 0) is 19.9 Å². The molecule has 1 aromatic rings. The number of unbranched alkanes of at least 4 members (excludes halogenated alkanes) is 1. The van der Waals surface area contributed by atoms with Crippen LogP contribution in [0.15, 0.2) is 6.20 Å². The van der Waals surface area contributed by atoms with E-state index in [9.17, 15) is 4.79 Å². The molecule has 0 atom stereocenters. The molecule has 7 heteroatoms. The SMILES string of the molecule is CCCNc1nc(NC)ncc1C#CCCCNC(=O)CNC. The van der Waals surface area contributed by atoms with Crippen LogP contribution in [0, 0.1) is 11.8 Å². The Morgan fingerprint density at radius 2 is 2.13 bits per heavy atom. The van der Waals surface area contributed by atoms with Crippen molar-refractivity contribution >= 4 is 17.7 Å². The van der Waals surface area contributed by atoms with Gasteiger partial charge in [0.2, 0.25) is 11.9 Å². The molecule has 1 heterocycles. The van der Waals surface area contributed by atoms with Gasteiger partial charge in [0.15, 0.2) is 0 Å². The molecule has 126 valence electrons. The summed E-state index contributed by atoms with van der Waals surface area (Å²) < 4.78 is 0. The molecule has 0 fully saturated rings. The fourth-order valence-electron chi connectivity index (χ4n) is 1.76. The molecule has 0 saturated heterocycles. The van der Waals surface area contributed by atoms with Crippen molar-refractivity contribution in [3.05, 3.63) is 11.8 Å². The summed E-state index contributed by atoms with van der Waals surface area (Å²) in [6.45, 7) is 3.91. The highest BCUT2D eigenvalue weighted by molar-refractivity contribution is 5.77. The highest BCUT2D eigenvalue weighted by Crippen LogP contribution is 2.12. The van der Waals surface area contributed by atoms with E-state index in [-0.39, 0.29) is 5.91 Å². The van der Waals surface area contributed by atoms with Crippen molar-refractivity contribution in [2.24, 2.45) is 0 Å². The summed E-state index contributed by atoms with van der Waals surface area (Å²) in [7, 11) is 3.53. The van der Waals surface area contributed by atoms with E-state index in [0.29, 0.717) is 25.5 Å². The summed E-state index contributed by atoms with van der Waals surface area (Å²) in [5.74, 6) is 7.52. The van der Waals surface area contributed by atoms with Gasteiger partial charge >= 0.3 is 0 Å². The average Bonchev–Trinajstić information content (AvgIpc) is 2.56. The number of nitrogens with one attached hydrogen (secondary N) is 4. The summed E-state index contributed by atoms with van der Waals surface area (Å²) in [6, 6.07) is 0. The van der Waals surface area contributed by atoms with Gasteiger partial charge in [-0.1, -0.05) is 18.8 Å². The number of rotatable bonds is 9. The summed E-state index contributed by atoms with van der Waals surface area (Å²) in [5, 5.41) is 11.8. The molecular weight excluding hydrogens is 292 g/mol. The third kappa shape index (κ3) is 7.47. The zero-order valence-corrected chi connectivity index (χ0v) is 14.1. The van der Waals surface area contributed by atoms with Crippen LogP contribution in [0.2, 0.25) is 0 Å². The predicted octanol–water partition coefficient (Wildman–Crippen LogP) is 0.808. The van der Waals surface area contributed by atoms with Crippen molar-refractivity contribution in [2.75, 3.05) is 44.4 Å². The van der Waals surface area contributed by atoms with Gasteiger partial charge in [0, 0.05) is 26.6 Å². The maximum atomic E-state index is 11.3. The number of hydrogen-bond donors (Lipinski definition) is 4. The molecule has 0 spiro atoms. The average molecular weight is 318 g/mol. The number of aromatic nitrogens is 2. The molecule has 4 N–H and O–H groups in total. The number of likely N-dealkylation sites (N-methyl/N-ethyl adjacent to an activating group) is 1. The molecule has 0 radical (unpaired) electrons. The minimum Gasteiger partial charge on any atom is -0.369 e. The monoisotopic (exact) mass is 318 g/mol. The second kappa shape index (κ2) is 11.3. The van der Waals surface area contributed by atoms with Crippen LogP contribution < -0.4 is 21.3 Å². The van der Waals surface area contributed by atoms with E-state index in [1.165, 1.54) is 0 Å². The Morgan fingerprint density at radius 1 is 1.30 bits per heavy atom. The largest absolute Gasteiger partial charge is 0.369 e. The van der Waals surface area contributed by atoms with Crippen LogP contribution in [-0.4, -0.2) is 49.6 Å². The number of nitrogens with zero attached hydrogens (tertiary/aromatic N) is 2. The van der Waals surface area contributed by atoms with Gasteiger partial charge < -0.3 is 21.3 Å². The summed E-state index contributed by atoms with van der Waals surface area (Å²) in [5.41, 5.74) is 0.789. The maximum absolute atomic E-state index is 11.3. The molecule has 1 amide bonds. The summed E-state index contributed by atoms with van der Waals surface area (Å²) in [6.07, 6.45) is 4.26. The quantitative estimate of drug-likeness (QED) is 0.398. The van der Waals surface area contributed by atoms with Gasteiger partial charge in [0.25, 0.3) is 0 Å². The van der Waals surface area contributed by atoms with Crippen molar-refractivity contribution in [1.82, 2.24) is 20.6 Å². The molecule has 0 aliphatic heterocycles. The molecule has 0 aliphatic rings. The lowest BCUT2D eigenvalue weighted by atomic mass is 10.2. The molecule has 0 bridgehead atoms. The fourth-order valence-corrected chi connectivity index (χ4v) is 1.76. The van der Waals surface area contributed by atoms with E-state index in [1.54, 1.807) is 20.3 Å². The van der Waals surface area contributed by atoms with E-state index < -0.39 is 0 Å². The van der Waals surface area contributed by atoms with Crippen LogP contribution in [0.4, 0.5) is 11.8 Å². The molecule has 1 rings (SSSR count). The zero-order chi connectivity index (χ0) is 16.9. The molecule has 0 saturated carbocycles. The number of hydrogen-bond acceptors (Lipinski definition) is 6. The van der Waals surface area contributed by atoms with Crippen molar-refractivity contribution in [2.45, 2.75) is 26.2 Å². The van der Waals surface area contributed by atoms with Crippen molar-refractivity contribution in [3.63, 3.8) is 0 Å². The molecule has 7 nitrogen and oxygen atoms in total. The van der Waals surface area contributed by atoms with Gasteiger partial charge in [-0.3, -0.25) is 4.79 Å². The van der Waals surface area contributed by atoms with Crippen molar-refractivity contribution < 1.29 is 4.79 Å². The number of carbonyl (C=O) groups excluding carboxylic acids is 1. The van der Waals surface area contributed by atoms with Crippen LogP contribution in [0.5, 0.6) is 0 Å². The molecule has 0 unspecified atom stereocenters. The third-order valence-electron chi connectivity index (χ3n) is 2.92. The summed E-state index contributed by atoms with van der Waals surface area (Å²) in [4.78, 5) is 19.8. The lowest BCUT2D eigenvalue weighted by molar-refractivity contribution is -0.120. The molecular formula is C16H26N6O. The minimum absolute atomic E-state index is 0.00238. The van der Waals surface area contributed by atoms with E-state index in [1.807, 2.05) is 0 Å². The lowest BCUT2D eigenvalue weighted by Crippen LogP contribution is -2.32. The molecule has 0 aromatic carbocycles. The number of carbonyl (C=O) groups is 1. The van der Waals surface area contributed by atoms with Crippen LogP contribution >= 0.6 is 0 Å². The van der Waals surface area contributed by atoms with Crippen LogP contribution in [0.3, 0.4) is 0 Å². The minimum atomic E-state index is 0.00238. The van der Waals surface area contributed by atoms with E-state index in [2.05, 4.69) is 50.0 Å². The first kappa shape index (κ1) is 18.7. The van der Waals surface area contributed by atoms with Crippen LogP contribution in [-0.2, 0) is 4.79 Å². The van der Waals surface area contributed by atoms with Crippen LogP contribution in [0.25, 0.3) is 0 Å². The number of anilines is 2. The van der Waals surface area contributed by atoms with E-state index in [0.717, 1.165) is 30.8 Å². The Labute approximate surface area is 138 Å². The Hall–Kier alpha value is -2.33. The van der Waals surface area contributed by atoms with Crippen molar-refractivity contribution in [3.8, 4) is 11.8 Å². The topological polar surface area (TPSA) is 91.0 Å². The van der Waals surface area contributed by atoms with Gasteiger partial charge in [-0.15, -0.1) is 0 Å². The first-order valence-corrected chi connectivity index (χ1v) is 7.90. The third-order valence-corrected chi connectivity index (χ3v) is 2.92. The first-order chi connectivity index (χ1) is 11.2. The Bertz CT molecular complexity index is 549. The Morgan fingerprint density at radius 3 is 2.83 bits per heavy atom. The van der Waals surface area contributed by atoms with E-state index in [4.69, 9.17) is 0 Å². The van der Waals surface area contributed by atoms with E-state index >= 15 is 0 Å². The fraction of sp³-hybridized carbons (Fsp3) is 0.562. The molecule has 0 aliphatic carbocycles. The van der Waals surface area contributed by atoms with Gasteiger partial charge in [0.1, 0.15) is 5.82 Å². The predicted molar refractivity (Wildman–Crippen MR) is 93.4 cm³/mol. The zero-order valence-electron chi connectivity index (χ0n) is 14.1. The number of amides is 1. The second-order valence-corrected chi connectivity index (χ2v) is 4.92. The van der Waals surface area contributed by atoms with Crippen molar-refractivity contribution in [1.29, 1.82) is 0 Å². The van der Waals surface area contributed by atoms with Gasteiger partial charge in [0.05, 0.1) is 18.3 Å². The smallest absolute Gasteiger partial charge is 0.233 e. The second-order valence-electron chi connectivity index (χ2n) is 4.92. The lowest BCUT2D eigenvalue weighted by Gasteiger charge is -2.07.